The number of ketones is 1. The van der Waals surface area contributed by atoms with Crippen molar-refractivity contribution in [3.63, 3.8) is 0 Å². The number of amides is 1. The van der Waals surface area contributed by atoms with Crippen LogP contribution in [0, 0.1) is 0 Å². The fraction of sp³-hybridized carbons (Fsp3) is 0.261. The third kappa shape index (κ3) is 3.85. The number of hydrogen-bond acceptors (Lipinski definition) is 5. The Bertz CT molecular complexity index is 1110. The number of fused-ring (bicyclic) bond motifs is 1. The molecule has 6 nitrogen and oxygen atoms in total. The van der Waals surface area contributed by atoms with Gasteiger partial charge in [0.1, 0.15) is 5.75 Å². The fourth-order valence-electron chi connectivity index (χ4n) is 3.66. The van der Waals surface area contributed by atoms with E-state index in [9.17, 15) is 9.59 Å². The second kappa shape index (κ2) is 8.36. The molecule has 0 saturated heterocycles. The van der Waals surface area contributed by atoms with Crippen LogP contribution in [0.4, 0.5) is 5.69 Å². The summed E-state index contributed by atoms with van der Waals surface area (Å²) >= 11 is 1.42. The average Bonchev–Trinajstić information content (AvgIpc) is 3.39. The zero-order valence-electron chi connectivity index (χ0n) is 17.2. The molecule has 0 aliphatic carbocycles. The van der Waals surface area contributed by atoms with Gasteiger partial charge in [-0.25, -0.2) is 4.98 Å². The van der Waals surface area contributed by atoms with E-state index in [2.05, 4.69) is 4.98 Å². The predicted octanol–water partition coefficient (Wildman–Crippen LogP) is 4.15. The molecule has 7 heteroatoms. The molecule has 1 aliphatic rings. The Kier molecular flexibility index (Phi) is 5.63. The number of hydrogen-bond donors (Lipinski definition) is 0. The van der Waals surface area contributed by atoms with E-state index in [1.807, 2.05) is 60.2 Å². The Labute approximate surface area is 179 Å². The zero-order valence-corrected chi connectivity index (χ0v) is 18.0. The van der Waals surface area contributed by atoms with Crippen LogP contribution in [0.5, 0.6) is 5.75 Å². The van der Waals surface area contributed by atoms with Crippen LogP contribution in [0.25, 0.3) is 5.69 Å². The van der Waals surface area contributed by atoms with E-state index in [-0.39, 0.29) is 16.9 Å². The van der Waals surface area contributed by atoms with Gasteiger partial charge in [0.05, 0.1) is 18.0 Å². The highest BCUT2D eigenvalue weighted by atomic mass is 32.2. The minimum Gasteiger partial charge on any atom is -0.497 e. The van der Waals surface area contributed by atoms with Crippen molar-refractivity contribution in [2.75, 3.05) is 18.6 Å². The van der Waals surface area contributed by atoms with Gasteiger partial charge >= 0.3 is 0 Å². The van der Waals surface area contributed by atoms with Gasteiger partial charge in [-0.05, 0) is 49.2 Å². The molecule has 0 unspecified atom stereocenters. The summed E-state index contributed by atoms with van der Waals surface area (Å²) in [6.45, 7) is 4.13. The molecule has 1 aliphatic heterocycles. The van der Waals surface area contributed by atoms with E-state index >= 15 is 0 Å². The van der Waals surface area contributed by atoms with E-state index in [0.29, 0.717) is 12.1 Å². The molecule has 1 atom stereocenters. The van der Waals surface area contributed by atoms with Gasteiger partial charge < -0.3 is 9.64 Å². The number of carbonyl (C=O) groups excluding carboxylic acids is 2. The van der Waals surface area contributed by atoms with Crippen molar-refractivity contribution >= 4 is 29.1 Å². The summed E-state index contributed by atoms with van der Waals surface area (Å²) in [7, 11) is 1.63. The standard InChI is InChI=1S/C23H23N3O3S/c1-15(22(28)18-7-8-21-17(13-18)9-11-25(21)16(2)27)30-23-24-10-12-26(23)19-5-4-6-20(14-19)29-3/h4-8,10,12-15H,9,11H2,1-3H3/t15-/m0/s1. The highest BCUT2D eigenvalue weighted by molar-refractivity contribution is 8.00. The van der Waals surface area contributed by atoms with Crippen molar-refractivity contribution < 1.29 is 14.3 Å². The summed E-state index contributed by atoms with van der Waals surface area (Å²) in [5.74, 6) is 0.837. The number of methoxy groups -OCH3 is 1. The van der Waals surface area contributed by atoms with Crippen LogP contribution < -0.4 is 9.64 Å². The van der Waals surface area contributed by atoms with Crippen LogP contribution in [0.2, 0.25) is 0 Å². The summed E-state index contributed by atoms with van der Waals surface area (Å²) < 4.78 is 7.26. The molecule has 3 aromatic rings. The number of nitrogens with zero attached hydrogens (tertiary/aromatic N) is 3. The molecular formula is C23H23N3O3S. The molecule has 0 radical (unpaired) electrons. The lowest BCUT2D eigenvalue weighted by Crippen LogP contribution is -2.25. The summed E-state index contributed by atoms with van der Waals surface area (Å²) in [4.78, 5) is 31.0. The fourth-order valence-corrected chi connectivity index (χ4v) is 4.62. The van der Waals surface area contributed by atoms with Gasteiger partial charge in [0.15, 0.2) is 10.9 Å². The first-order chi connectivity index (χ1) is 14.5. The van der Waals surface area contributed by atoms with Gasteiger partial charge in [0.25, 0.3) is 0 Å². The summed E-state index contributed by atoms with van der Waals surface area (Å²) in [5.41, 5.74) is 3.55. The Morgan fingerprint density at radius 1 is 1.20 bits per heavy atom. The van der Waals surface area contributed by atoms with Crippen LogP contribution in [-0.2, 0) is 11.2 Å². The smallest absolute Gasteiger partial charge is 0.223 e. The van der Waals surface area contributed by atoms with Gasteiger partial charge in [0, 0.05) is 43.2 Å². The van der Waals surface area contributed by atoms with E-state index in [1.165, 1.54) is 11.8 Å². The van der Waals surface area contributed by atoms with Gasteiger partial charge in [0.2, 0.25) is 5.91 Å². The molecule has 0 spiro atoms. The molecule has 0 saturated carbocycles. The number of aromatic nitrogens is 2. The lowest BCUT2D eigenvalue weighted by atomic mass is 10.0. The highest BCUT2D eigenvalue weighted by Crippen LogP contribution is 2.32. The summed E-state index contributed by atoms with van der Waals surface area (Å²) in [6, 6.07) is 13.3. The monoisotopic (exact) mass is 421 g/mol. The van der Waals surface area contributed by atoms with Crippen molar-refractivity contribution in [3.8, 4) is 11.4 Å². The first kappa shape index (κ1) is 20.2. The van der Waals surface area contributed by atoms with E-state index < -0.39 is 0 Å². The quantitative estimate of drug-likeness (QED) is 0.442. The van der Waals surface area contributed by atoms with E-state index in [4.69, 9.17) is 4.74 Å². The van der Waals surface area contributed by atoms with Gasteiger partial charge in [-0.3, -0.25) is 14.2 Å². The predicted molar refractivity (Wildman–Crippen MR) is 118 cm³/mol. The highest BCUT2D eigenvalue weighted by Gasteiger charge is 2.25. The lowest BCUT2D eigenvalue weighted by molar-refractivity contribution is -0.116. The number of rotatable bonds is 6. The first-order valence-corrected chi connectivity index (χ1v) is 10.7. The van der Waals surface area contributed by atoms with Crippen LogP contribution in [0.1, 0.15) is 29.8 Å². The normalized spacial score (nSPS) is 13.8. The Balaban J connectivity index is 1.53. The molecule has 0 fully saturated rings. The number of benzene rings is 2. The minimum atomic E-state index is -0.305. The molecule has 2 aromatic carbocycles. The van der Waals surface area contributed by atoms with Crippen LogP contribution in [0.3, 0.4) is 0 Å². The van der Waals surface area contributed by atoms with Crippen LogP contribution >= 0.6 is 11.8 Å². The number of anilines is 1. The maximum Gasteiger partial charge on any atom is 0.223 e. The second-order valence-corrected chi connectivity index (χ2v) is 8.48. The first-order valence-electron chi connectivity index (χ1n) is 9.77. The van der Waals surface area contributed by atoms with Gasteiger partial charge in [-0.1, -0.05) is 17.8 Å². The van der Waals surface area contributed by atoms with Crippen LogP contribution in [0.15, 0.2) is 60.0 Å². The molecule has 154 valence electrons. The van der Waals surface area contributed by atoms with E-state index in [1.54, 1.807) is 25.1 Å². The topological polar surface area (TPSA) is 64.4 Å². The maximum atomic E-state index is 13.1. The molecule has 2 heterocycles. The number of thioether (sulfide) groups is 1. The Morgan fingerprint density at radius 2 is 2.03 bits per heavy atom. The molecule has 1 amide bonds. The maximum absolute atomic E-state index is 13.1. The number of imidazole rings is 1. The summed E-state index contributed by atoms with van der Waals surface area (Å²) in [6.07, 6.45) is 4.38. The van der Waals surface area contributed by atoms with E-state index in [0.717, 1.165) is 34.3 Å². The zero-order chi connectivity index (χ0) is 21.3. The number of ether oxygens (including phenoxy) is 1. The molecule has 30 heavy (non-hydrogen) atoms. The summed E-state index contributed by atoms with van der Waals surface area (Å²) in [5, 5.41) is 0.438. The Morgan fingerprint density at radius 3 is 2.80 bits per heavy atom. The lowest BCUT2D eigenvalue weighted by Gasteiger charge is -2.16. The second-order valence-electron chi connectivity index (χ2n) is 7.17. The number of carbonyl (C=O) groups is 2. The van der Waals surface area contributed by atoms with Gasteiger partial charge in [-0.15, -0.1) is 0 Å². The molecular weight excluding hydrogens is 398 g/mol. The van der Waals surface area contributed by atoms with Crippen molar-refractivity contribution in [1.82, 2.24) is 9.55 Å². The van der Waals surface area contributed by atoms with Crippen molar-refractivity contribution in [1.29, 1.82) is 0 Å². The molecule has 0 bridgehead atoms. The Hall–Kier alpha value is -3.06. The molecule has 0 N–H and O–H groups in total. The number of Topliss-reactive ketones (excluding diaryl/α,β-unsaturated/α-hetero) is 1. The average molecular weight is 422 g/mol. The molecule has 1 aromatic heterocycles. The SMILES string of the molecule is COc1cccc(-n2ccnc2S[C@@H](C)C(=O)c2ccc3c(c2)CCN3C(C)=O)c1. The third-order valence-corrected chi connectivity index (χ3v) is 6.31. The van der Waals surface area contributed by atoms with Crippen molar-refractivity contribution in [2.45, 2.75) is 30.7 Å². The van der Waals surface area contributed by atoms with Crippen molar-refractivity contribution in [3.05, 3.63) is 66.0 Å². The third-order valence-electron chi connectivity index (χ3n) is 5.23. The molecule has 4 rings (SSSR count). The minimum absolute atomic E-state index is 0.0288. The van der Waals surface area contributed by atoms with Crippen molar-refractivity contribution in [2.24, 2.45) is 0 Å². The largest absolute Gasteiger partial charge is 0.497 e. The van der Waals surface area contributed by atoms with Gasteiger partial charge in [-0.2, -0.15) is 0 Å². The van der Waals surface area contributed by atoms with Crippen LogP contribution in [-0.4, -0.2) is 40.1 Å².